The molecule has 94 valence electrons. The van der Waals surface area contributed by atoms with Crippen molar-refractivity contribution in [3.63, 3.8) is 0 Å². The molecule has 0 fully saturated rings. The fourth-order valence-electron chi connectivity index (χ4n) is 1.61. The molecule has 1 aromatic heterocycles. The molecule has 2 rings (SSSR count). The first-order valence-electron chi connectivity index (χ1n) is 5.41. The first-order valence-corrected chi connectivity index (χ1v) is 5.41. The number of hydrogen-bond acceptors (Lipinski definition) is 4. The zero-order chi connectivity index (χ0) is 13.0. The smallest absolute Gasteiger partial charge is 0.257 e. The number of nitrogens with zero attached hydrogens (tertiary/aromatic N) is 1. The number of rotatable bonds is 4. The molecule has 0 saturated carbocycles. The topological polar surface area (TPSA) is 93.0 Å². The Hall–Kier alpha value is -2.50. The number of carbonyl (C=O) groups excluding carboxylic acids is 1. The molecule has 0 atom stereocenters. The molecule has 0 aliphatic rings. The first-order chi connectivity index (χ1) is 8.72. The Balaban J connectivity index is 2.13. The van der Waals surface area contributed by atoms with Gasteiger partial charge < -0.3 is 20.8 Å². The van der Waals surface area contributed by atoms with Gasteiger partial charge in [-0.1, -0.05) is 6.07 Å². The number of ether oxygens (including phenoxy) is 1. The van der Waals surface area contributed by atoms with Gasteiger partial charge in [-0.2, -0.15) is 0 Å². The molecule has 0 bridgehead atoms. The minimum atomic E-state index is -0.290. The molecule has 0 radical (unpaired) electrons. The summed E-state index contributed by atoms with van der Waals surface area (Å²) < 4.78 is 5.12. The van der Waals surface area contributed by atoms with Crippen molar-refractivity contribution in [3.8, 4) is 5.75 Å². The zero-order valence-electron chi connectivity index (χ0n) is 9.93. The molecular formula is C12H14N4O2. The Bertz CT molecular complexity index is 537. The molecule has 4 N–H and O–H groups in total. The van der Waals surface area contributed by atoms with Crippen LogP contribution >= 0.6 is 0 Å². The Kier molecular flexibility index (Phi) is 3.47. The number of benzene rings is 1. The van der Waals surface area contributed by atoms with Crippen LogP contribution in [-0.4, -0.2) is 23.0 Å². The Morgan fingerprint density at radius 3 is 3.06 bits per heavy atom. The third-order valence-corrected chi connectivity index (χ3v) is 2.48. The number of H-pyrrole nitrogens is 1. The highest BCUT2D eigenvalue weighted by Crippen LogP contribution is 2.23. The highest BCUT2D eigenvalue weighted by molar-refractivity contribution is 6.01. The molecule has 1 heterocycles. The van der Waals surface area contributed by atoms with E-state index < -0.39 is 0 Å². The largest absolute Gasteiger partial charge is 0.496 e. The monoisotopic (exact) mass is 246 g/mol. The average molecular weight is 246 g/mol. The third-order valence-electron chi connectivity index (χ3n) is 2.48. The van der Waals surface area contributed by atoms with E-state index in [0.29, 0.717) is 29.4 Å². The van der Waals surface area contributed by atoms with E-state index in [4.69, 9.17) is 10.5 Å². The van der Waals surface area contributed by atoms with E-state index in [-0.39, 0.29) is 5.91 Å². The van der Waals surface area contributed by atoms with Crippen LogP contribution in [0.2, 0.25) is 0 Å². The first kappa shape index (κ1) is 12.0. The predicted octanol–water partition coefficient (Wildman–Crippen LogP) is 0.930. The van der Waals surface area contributed by atoms with Gasteiger partial charge in [0.15, 0.2) is 0 Å². The number of nitrogen functional groups attached to an aromatic ring is 1. The van der Waals surface area contributed by atoms with E-state index in [1.807, 2.05) is 0 Å². The number of aromatic amines is 1. The number of anilines is 1. The SMILES string of the molecule is COc1cccc(N)c1C(=O)NCc1ncc[nH]1. The van der Waals surface area contributed by atoms with Crippen molar-refractivity contribution in [2.45, 2.75) is 6.54 Å². The van der Waals surface area contributed by atoms with E-state index >= 15 is 0 Å². The molecule has 1 aromatic carbocycles. The van der Waals surface area contributed by atoms with Gasteiger partial charge in [0.05, 0.1) is 13.7 Å². The molecule has 0 spiro atoms. The number of imidazole rings is 1. The van der Waals surface area contributed by atoms with E-state index in [1.165, 1.54) is 7.11 Å². The van der Waals surface area contributed by atoms with Crippen LogP contribution in [0, 0.1) is 0 Å². The standard InChI is InChI=1S/C12H14N4O2/c1-18-9-4-2-3-8(13)11(9)12(17)16-7-10-14-5-6-15-10/h2-6H,7,13H2,1H3,(H,14,15)(H,16,17). The maximum absolute atomic E-state index is 12.0. The molecule has 0 aliphatic heterocycles. The second kappa shape index (κ2) is 5.22. The summed E-state index contributed by atoms with van der Waals surface area (Å²) in [6, 6.07) is 5.08. The van der Waals surface area contributed by atoms with E-state index in [2.05, 4.69) is 15.3 Å². The van der Waals surface area contributed by atoms with Gasteiger partial charge in [0, 0.05) is 18.1 Å². The van der Waals surface area contributed by atoms with Crippen molar-refractivity contribution < 1.29 is 9.53 Å². The van der Waals surface area contributed by atoms with E-state index in [0.717, 1.165) is 0 Å². The molecule has 18 heavy (non-hydrogen) atoms. The van der Waals surface area contributed by atoms with Crippen molar-refractivity contribution in [2.75, 3.05) is 12.8 Å². The van der Waals surface area contributed by atoms with Crippen LogP contribution in [0.3, 0.4) is 0 Å². The van der Waals surface area contributed by atoms with Crippen molar-refractivity contribution in [3.05, 3.63) is 42.0 Å². The van der Waals surface area contributed by atoms with Gasteiger partial charge in [-0.05, 0) is 12.1 Å². The van der Waals surface area contributed by atoms with Crippen LogP contribution in [0.25, 0.3) is 0 Å². The van der Waals surface area contributed by atoms with Gasteiger partial charge in [0.2, 0.25) is 0 Å². The average Bonchev–Trinajstić information content (AvgIpc) is 2.88. The van der Waals surface area contributed by atoms with Crippen LogP contribution < -0.4 is 15.8 Å². The fraction of sp³-hybridized carbons (Fsp3) is 0.167. The molecule has 0 unspecified atom stereocenters. The molecule has 0 saturated heterocycles. The molecular weight excluding hydrogens is 232 g/mol. The summed E-state index contributed by atoms with van der Waals surface area (Å²) in [6.07, 6.45) is 3.32. The van der Waals surface area contributed by atoms with Crippen molar-refractivity contribution in [1.29, 1.82) is 0 Å². The molecule has 2 aromatic rings. The second-order valence-electron chi connectivity index (χ2n) is 3.64. The van der Waals surface area contributed by atoms with Crippen LogP contribution in [0.4, 0.5) is 5.69 Å². The number of carbonyl (C=O) groups is 1. The lowest BCUT2D eigenvalue weighted by Gasteiger charge is -2.10. The summed E-state index contributed by atoms with van der Waals surface area (Å²) in [6.45, 7) is 0.309. The summed E-state index contributed by atoms with van der Waals surface area (Å²) in [4.78, 5) is 18.9. The van der Waals surface area contributed by atoms with Gasteiger partial charge in [-0.15, -0.1) is 0 Å². The van der Waals surface area contributed by atoms with Crippen molar-refractivity contribution in [1.82, 2.24) is 15.3 Å². The van der Waals surface area contributed by atoms with E-state index in [1.54, 1.807) is 30.6 Å². The highest BCUT2D eigenvalue weighted by Gasteiger charge is 2.15. The summed E-state index contributed by atoms with van der Waals surface area (Å²) in [7, 11) is 1.50. The van der Waals surface area contributed by atoms with Crippen molar-refractivity contribution >= 4 is 11.6 Å². The lowest BCUT2D eigenvalue weighted by atomic mass is 10.1. The van der Waals surface area contributed by atoms with Crippen LogP contribution in [0.1, 0.15) is 16.2 Å². The summed E-state index contributed by atoms with van der Waals surface area (Å²) in [5.41, 5.74) is 6.50. The van der Waals surface area contributed by atoms with Gasteiger partial charge >= 0.3 is 0 Å². The summed E-state index contributed by atoms with van der Waals surface area (Å²) >= 11 is 0. The number of nitrogens with one attached hydrogen (secondary N) is 2. The van der Waals surface area contributed by atoms with Crippen LogP contribution in [-0.2, 0) is 6.54 Å². The minimum Gasteiger partial charge on any atom is -0.496 e. The van der Waals surface area contributed by atoms with Crippen molar-refractivity contribution in [2.24, 2.45) is 0 Å². The fourth-order valence-corrected chi connectivity index (χ4v) is 1.61. The van der Waals surface area contributed by atoms with Gasteiger partial charge in [0.1, 0.15) is 17.1 Å². The number of amides is 1. The molecule has 6 heteroatoms. The number of aromatic nitrogens is 2. The zero-order valence-corrected chi connectivity index (χ0v) is 9.93. The highest BCUT2D eigenvalue weighted by atomic mass is 16.5. The Labute approximate surface area is 104 Å². The minimum absolute atomic E-state index is 0.290. The Morgan fingerprint density at radius 1 is 1.56 bits per heavy atom. The quantitative estimate of drug-likeness (QED) is 0.700. The maximum Gasteiger partial charge on any atom is 0.257 e. The van der Waals surface area contributed by atoms with Gasteiger partial charge in [0.25, 0.3) is 5.91 Å². The lowest BCUT2D eigenvalue weighted by molar-refractivity contribution is 0.0948. The number of methoxy groups -OCH3 is 1. The Morgan fingerprint density at radius 2 is 2.39 bits per heavy atom. The predicted molar refractivity (Wildman–Crippen MR) is 67.2 cm³/mol. The van der Waals surface area contributed by atoms with Crippen LogP contribution in [0.15, 0.2) is 30.6 Å². The molecule has 0 aliphatic carbocycles. The third kappa shape index (κ3) is 2.42. The van der Waals surface area contributed by atoms with Gasteiger partial charge in [-0.25, -0.2) is 4.98 Å². The molecule has 6 nitrogen and oxygen atoms in total. The summed E-state index contributed by atoms with van der Waals surface area (Å²) in [5.74, 6) is 0.838. The second-order valence-corrected chi connectivity index (χ2v) is 3.64. The lowest BCUT2D eigenvalue weighted by Crippen LogP contribution is -2.25. The summed E-state index contributed by atoms with van der Waals surface area (Å²) in [5, 5.41) is 2.72. The van der Waals surface area contributed by atoms with Crippen LogP contribution in [0.5, 0.6) is 5.75 Å². The normalized spacial score (nSPS) is 10.1. The molecule has 1 amide bonds. The van der Waals surface area contributed by atoms with E-state index in [9.17, 15) is 4.79 Å². The number of nitrogens with two attached hydrogens (primary N) is 1. The van der Waals surface area contributed by atoms with Gasteiger partial charge in [-0.3, -0.25) is 4.79 Å². The maximum atomic E-state index is 12.0. The number of hydrogen-bond donors (Lipinski definition) is 3.